The van der Waals surface area contributed by atoms with Crippen molar-refractivity contribution in [3.8, 4) is 0 Å². The standard InChI is InChI=1S/C15H22N4S/c1-18(2)8-9-19-14(12-5-10-20-11-6-12)17-13-4-3-7-16-15(13)19/h3-4,7,12H,5-6,8-11H2,1-2H3. The number of likely N-dealkylation sites (N-methyl/N-ethyl adjacent to an activating group) is 1. The highest BCUT2D eigenvalue weighted by Gasteiger charge is 2.22. The van der Waals surface area contributed by atoms with Gasteiger partial charge in [0.05, 0.1) is 0 Å². The van der Waals surface area contributed by atoms with Gasteiger partial charge >= 0.3 is 0 Å². The molecule has 0 aliphatic carbocycles. The number of thioether (sulfide) groups is 1. The molecule has 1 aliphatic heterocycles. The highest BCUT2D eigenvalue weighted by atomic mass is 32.2. The molecular weight excluding hydrogens is 268 g/mol. The van der Waals surface area contributed by atoms with Crippen LogP contribution < -0.4 is 0 Å². The third-order valence-corrected chi connectivity index (χ3v) is 4.94. The van der Waals surface area contributed by atoms with Crippen molar-refractivity contribution in [2.45, 2.75) is 25.3 Å². The summed E-state index contributed by atoms with van der Waals surface area (Å²) in [5, 5.41) is 0. The third kappa shape index (κ3) is 2.83. The van der Waals surface area contributed by atoms with Gasteiger partial charge in [-0.25, -0.2) is 9.97 Å². The van der Waals surface area contributed by atoms with E-state index < -0.39 is 0 Å². The molecule has 108 valence electrons. The molecule has 0 aromatic carbocycles. The summed E-state index contributed by atoms with van der Waals surface area (Å²) in [6.45, 7) is 2.00. The highest BCUT2D eigenvalue weighted by molar-refractivity contribution is 7.99. The van der Waals surface area contributed by atoms with Crippen LogP contribution >= 0.6 is 11.8 Å². The van der Waals surface area contributed by atoms with E-state index in [-0.39, 0.29) is 0 Å². The lowest BCUT2D eigenvalue weighted by atomic mass is 10.0. The fraction of sp³-hybridized carbons (Fsp3) is 0.600. The van der Waals surface area contributed by atoms with Crippen molar-refractivity contribution in [3.05, 3.63) is 24.2 Å². The van der Waals surface area contributed by atoms with Crippen LogP contribution in [0.1, 0.15) is 24.6 Å². The van der Waals surface area contributed by atoms with Gasteiger partial charge in [-0.2, -0.15) is 11.8 Å². The Morgan fingerprint density at radius 1 is 1.35 bits per heavy atom. The molecule has 0 amide bonds. The van der Waals surface area contributed by atoms with Gasteiger partial charge in [0.25, 0.3) is 0 Å². The molecule has 0 spiro atoms. The monoisotopic (exact) mass is 290 g/mol. The van der Waals surface area contributed by atoms with Crippen LogP contribution in [0.15, 0.2) is 18.3 Å². The predicted octanol–water partition coefficient (Wildman–Crippen LogP) is 2.60. The first-order valence-electron chi connectivity index (χ1n) is 7.29. The Hall–Kier alpha value is -1.07. The molecule has 2 aromatic heterocycles. The molecular formula is C15H22N4S. The van der Waals surface area contributed by atoms with Gasteiger partial charge in [-0.15, -0.1) is 0 Å². The molecule has 20 heavy (non-hydrogen) atoms. The van der Waals surface area contributed by atoms with Crippen molar-refractivity contribution in [1.82, 2.24) is 19.4 Å². The minimum Gasteiger partial charge on any atom is -0.311 e. The first-order valence-corrected chi connectivity index (χ1v) is 8.45. The maximum absolute atomic E-state index is 4.89. The maximum atomic E-state index is 4.89. The molecule has 2 aromatic rings. The van der Waals surface area contributed by atoms with E-state index in [1.54, 1.807) is 0 Å². The summed E-state index contributed by atoms with van der Waals surface area (Å²) in [6.07, 6.45) is 4.36. The zero-order valence-corrected chi connectivity index (χ0v) is 13.1. The Bertz CT molecular complexity index is 572. The van der Waals surface area contributed by atoms with E-state index in [1.165, 1.54) is 30.2 Å². The van der Waals surface area contributed by atoms with Crippen LogP contribution in [0.2, 0.25) is 0 Å². The number of hydrogen-bond donors (Lipinski definition) is 0. The van der Waals surface area contributed by atoms with Crippen molar-refractivity contribution >= 4 is 22.9 Å². The summed E-state index contributed by atoms with van der Waals surface area (Å²) in [5.74, 6) is 4.37. The lowest BCUT2D eigenvalue weighted by Crippen LogP contribution is -2.21. The van der Waals surface area contributed by atoms with Gasteiger partial charge in [0.2, 0.25) is 0 Å². The number of fused-ring (bicyclic) bond motifs is 1. The van der Waals surface area contributed by atoms with Gasteiger partial charge < -0.3 is 9.47 Å². The smallest absolute Gasteiger partial charge is 0.160 e. The lowest BCUT2D eigenvalue weighted by molar-refractivity contribution is 0.379. The largest absolute Gasteiger partial charge is 0.311 e. The van der Waals surface area contributed by atoms with E-state index in [4.69, 9.17) is 4.98 Å². The molecule has 1 saturated heterocycles. The van der Waals surface area contributed by atoms with E-state index in [1.807, 2.05) is 12.3 Å². The summed E-state index contributed by atoms with van der Waals surface area (Å²) in [4.78, 5) is 11.7. The molecule has 0 unspecified atom stereocenters. The SMILES string of the molecule is CN(C)CCn1c(C2CCSCC2)nc2cccnc21. The number of pyridine rings is 1. The average molecular weight is 290 g/mol. The summed E-state index contributed by atoms with van der Waals surface area (Å²) >= 11 is 2.06. The van der Waals surface area contributed by atoms with E-state index >= 15 is 0 Å². The number of imidazole rings is 1. The van der Waals surface area contributed by atoms with Crippen LogP contribution in [0.5, 0.6) is 0 Å². The van der Waals surface area contributed by atoms with Crippen LogP contribution in [-0.4, -0.2) is 51.6 Å². The van der Waals surface area contributed by atoms with Gasteiger partial charge in [0.15, 0.2) is 5.65 Å². The lowest BCUT2D eigenvalue weighted by Gasteiger charge is -2.22. The second-order valence-electron chi connectivity index (χ2n) is 5.66. The van der Waals surface area contributed by atoms with Crippen LogP contribution in [0.4, 0.5) is 0 Å². The van der Waals surface area contributed by atoms with Crippen LogP contribution in [0.3, 0.4) is 0 Å². The fourth-order valence-corrected chi connectivity index (χ4v) is 3.87. The minimum atomic E-state index is 0.604. The first-order chi connectivity index (χ1) is 9.75. The molecule has 3 rings (SSSR count). The third-order valence-electron chi connectivity index (χ3n) is 3.89. The Morgan fingerprint density at radius 2 is 2.15 bits per heavy atom. The maximum Gasteiger partial charge on any atom is 0.160 e. The van der Waals surface area contributed by atoms with Gasteiger partial charge in [-0.3, -0.25) is 0 Å². The molecule has 0 radical (unpaired) electrons. The number of nitrogens with zero attached hydrogens (tertiary/aromatic N) is 4. The molecule has 3 heterocycles. The highest BCUT2D eigenvalue weighted by Crippen LogP contribution is 2.32. The zero-order valence-electron chi connectivity index (χ0n) is 12.2. The molecule has 1 aliphatic rings. The normalized spacial score (nSPS) is 17.1. The molecule has 1 fully saturated rings. The second-order valence-corrected chi connectivity index (χ2v) is 6.88. The van der Waals surface area contributed by atoms with E-state index in [2.05, 4.69) is 46.4 Å². The summed E-state index contributed by atoms with van der Waals surface area (Å²) in [6, 6.07) is 4.06. The number of rotatable bonds is 4. The van der Waals surface area contributed by atoms with Crippen molar-refractivity contribution < 1.29 is 0 Å². The predicted molar refractivity (Wildman–Crippen MR) is 85.4 cm³/mol. The van der Waals surface area contributed by atoms with Crippen LogP contribution in [-0.2, 0) is 6.54 Å². The quantitative estimate of drug-likeness (QED) is 0.867. The number of hydrogen-bond acceptors (Lipinski definition) is 4. The Labute approximate surface area is 124 Å². The Balaban J connectivity index is 1.97. The average Bonchev–Trinajstić information content (AvgIpc) is 2.84. The van der Waals surface area contributed by atoms with Crippen molar-refractivity contribution in [2.75, 3.05) is 32.1 Å². The van der Waals surface area contributed by atoms with Crippen LogP contribution in [0, 0.1) is 0 Å². The van der Waals surface area contributed by atoms with Crippen molar-refractivity contribution in [3.63, 3.8) is 0 Å². The summed E-state index contributed by atoms with van der Waals surface area (Å²) < 4.78 is 2.34. The topological polar surface area (TPSA) is 34.0 Å². The first kappa shape index (κ1) is 13.9. The zero-order chi connectivity index (χ0) is 13.9. The van der Waals surface area contributed by atoms with Gasteiger partial charge in [0.1, 0.15) is 11.3 Å². The van der Waals surface area contributed by atoms with E-state index in [0.29, 0.717) is 5.92 Å². The fourth-order valence-electron chi connectivity index (χ4n) is 2.76. The molecule has 5 heteroatoms. The van der Waals surface area contributed by atoms with E-state index in [0.717, 1.165) is 24.3 Å². The van der Waals surface area contributed by atoms with Crippen molar-refractivity contribution in [1.29, 1.82) is 0 Å². The van der Waals surface area contributed by atoms with Gasteiger partial charge in [-0.1, -0.05) is 0 Å². The molecule has 0 atom stereocenters. The Kier molecular flexibility index (Phi) is 4.27. The van der Waals surface area contributed by atoms with E-state index in [9.17, 15) is 0 Å². The summed E-state index contributed by atoms with van der Waals surface area (Å²) in [5.41, 5.74) is 2.09. The van der Waals surface area contributed by atoms with Gasteiger partial charge in [-0.05, 0) is 50.6 Å². The number of aromatic nitrogens is 3. The molecule has 0 bridgehead atoms. The van der Waals surface area contributed by atoms with Gasteiger partial charge in [0, 0.05) is 25.2 Å². The second kappa shape index (κ2) is 6.14. The van der Waals surface area contributed by atoms with Crippen molar-refractivity contribution in [2.24, 2.45) is 0 Å². The molecule has 0 N–H and O–H groups in total. The summed E-state index contributed by atoms with van der Waals surface area (Å²) in [7, 11) is 4.23. The Morgan fingerprint density at radius 3 is 2.90 bits per heavy atom. The molecule has 4 nitrogen and oxygen atoms in total. The molecule has 0 saturated carbocycles. The minimum absolute atomic E-state index is 0.604. The van der Waals surface area contributed by atoms with Crippen LogP contribution in [0.25, 0.3) is 11.2 Å².